The molecule has 3 rings (SSSR count). The smallest absolute Gasteiger partial charge is 0.238 e. The molecule has 1 aliphatic rings. The molecule has 0 saturated carbocycles. The van der Waals surface area contributed by atoms with Gasteiger partial charge in [0.25, 0.3) is 0 Å². The molecule has 1 amide bonds. The monoisotopic (exact) mass is 336 g/mol. The van der Waals surface area contributed by atoms with Gasteiger partial charge in [0, 0.05) is 37.6 Å². The van der Waals surface area contributed by atoms with Crippen molar-refractivity contribution in [3.8, 4) is 11.8 Å². The van der Waals surface area contributed by atoms with Gasteiger partial charge in [-0.1, -0.05) is 0 Å². The molecule has 0 spiro atoms. The molecular formula is C19H20N4O2. The molecule has 2 aromatic rings. The maximum Gasteiger partial charge on any atom is 0.238 e. The zero-order valence-corrected chi connectivity index (χ0v) is 13.9. The van der Waals surface area contributed by atoms with Crippen LogP contribution in [-0.4, -0.2) is 48.6 Å². The number of carbonyl (C=O) groups excluding carboxylic acids is 1. The Kier molecular flexibility index (Phi) is 5.17. The molecule has 1 heterocycles. The Hall–Kier alpha value is -3.04. The highest BCUT2D eigenvalue weighted by molar-refractivity contribution is 5.92. The summed E-state index contributed by atoms with van der Waals surface area (Å²) in [6, 6.07) is 16.1. The number of nitrogens with zero attached hydrogens (tertiary/aromatic N) is 3. The third-order valence-electron chi connectivity index (χ3n) is 4.25. The lowest BCUT2D eigenvalue weighted by molar-refractivity contribution is -0.117. The lowest BCUT2D eigenvalue weighted by Crippen LogP contribution is -2.48. The summed E-state index contributed by atoms with van der Waals surface area (Å²) in [7, 11) is 0. The second kappa shape index (κ2) is 7.69. The maximum atomic E-state index is 12.2. The minimum absolute atomic E-state index is 0.0530. The van der Waals surface area contributed by atoms with Crippen molar-refractivity contribution < 1.29 is 9.90 Å². The highest BCUT2D eigenvalue weighted by Gasteiger charge is 2.19. The molecule has 1 saturated heterocycles. The Morgan fingerprint density at radius 3 is 2.28 bits per heavy atom. The van der Waals surface area contributed by atoms with Crippen molar-refractivity contribution in [2.45, 2.75) is 0 Å². The Balaban J connectivity index is 1.47. The number of aromatic hydroxyl groups is 1. The molecule has 0 aromatic heterocycles. The van der Waals surface area contributed by atoms with Crippen LogP contribution in [0, 0.1) is 11.3 Å². The number of rotatable bonds is 4. The van der Waals surface area contributed by atoms with E-state index in [2.05, 4.69) is 21.2 Å². The summed E-state index contributed by atoms with van der Waals surface area (Å²) in [6.07, 6.45) is 0. The number of phenols is 1. The van der Waals surface area contributed by atoms with Crippen LogP contribution in [0.3, 0.4) is 0 Å². The van der Waals surface area contributed by atoms with Gasteiger partial charge in [0.2, 0.25) is 5.91 Å². The first kappa shape index (κ1) is 16.8. The lowest BCUT2D eigenvalue weighted by atomic mass is 10.2. The molecule has 0 unspecified atom stereocenters. The largest absolute Gasteiger partial charge is 0.508 e. The first-order chi connectivity index (χ1) is 12.1. The van der Waals surface area contributed by atoms with Gasteiger partial charge in [-0.2, -0.15) is 5.26 Å². The van der Waals surface area contributed by atoms with Crippen LogP contribution in [-0.2, 0) is 4.79 Å². The fraction of sp³-hybridized carbons (Fsp3) is 0.263. The molecule has 1 aliphatic heterocycles. The predicted molar refractivity (Wildman–Crippen MR) is 96.5 cm³/mol. The Morgan fingerprint density at radius 2 is 1.68 bits per heavy atom. The van der Waals surface area contributed by atoms with Gasteiger partial charge in [-0.15, -0.1) is 0 Å². The van der Waals surface area contributed by atoms with Crippen molar-refractivity contribution in [2.24, 2.45) is 0 Å². The van der Waals surface area contributed by atoms with Crippen molar-refractivity contribution in [1.29, 1.82) is 5.26 Å². The summed E-state index contributed by atoms with van der Waals surface area (Å²) in [4.78, 5) is 16.5. The molecule has 25 heavy (non-hydrogen) atoms. The molecule has 6 heteroatoms. The lowest BCUT2D eigenvalue weighted by Gasteiger charge is -2.35. The van der Waals surface area contributed by atoms with Crippen LogP contribution in [0.1, 0.15) is 5.56 Å². The van der Waals surface area contributed by atoms with Gasteiger partial charge in [0.1, 0.15) is 5.75 Å². The second-order valence-corrected chi connectivity index (χ2v) is 6.02. The molecule has 2 aromatic carbocycles. The summed E-state index contributed by atoms with van der Waals surface area (Å²) in [6.45, 7) is 3.65. The van der Waals surface area contributed by atoms with Gasteiger partial charge in [-0.3, -0.25) is 9.69 Å². The van der Waals surface area contributed by atoms with E-state index in [1.807, 2.05) is 12.1 Å². The topological polar surface area (TPSA) is 79.6 Å². The Labute approximate surface area is 146 Å². The van der Waals surface area contributed by atoms with Crippen molar-refractivity contribution >= 4 is 17.3 Å². The van der Waals surface area contributed by atoms with E-state index in [0.717, 1.165) is 31.9 Å². The molecule has 0 bridgehead atoms. The average molecular weight is 336 g/mol. The van der Waals surface area contributed by atoms with E-state index in [4.69, 9.17) is 5.26 Å². The first-order valence-electron chi connectivity index (χ1n) is 8.20. The maximum absolute atomic E-state index is 12.2. The number of benzene rings is 2. The van der Waals surface area contributed by atoms with Crippen LogP contribution in [0.25, 0.3) is 0 Å². The second-order valence-electron chi connectivity index (χ2n) is 6.02. The first-order valence-corrected chi connectivity index (χ1v) is 8.20. The highest BCUT2D eigenvalue weighted by atomic mass is 16.3. The number of anilines is 2. The summed E-state index contributed by atoms with van der Waals surface area (Å²) in [5.74, 6) is 0.213. The van der Waals surface area contributed by atoms with Crippen LogP contribution in [0.4, 0.5) is 11.4 Å². The molecule has 6 nitrogen and oxygen atoms in total. The quantitative estimate of drug-likeness (QED) is 0.893. The Bertz CT molecular complexity index is 758. The van der Waals surface area contributed by atoms with Gasteiger partial charge in [-0.05, 0) is 48.5 Å². The van der Waals surface area contributed by atoms with E-state index >= 15 is 0 Å². The summed E-state index contributed by atoms with van der Waals surface area (Å²) in [5.41, 5.74) is 2.36. The molecule has 0 atom stereocenters. The molecule has 1 fully saturated rings. The van der Waals surface area contributed by atoms with Gasteiger partial charge in [0.15, 0.2) is 0 Å². The Morgan fingerprint density at radius 1 is 1.04 bits per heavy atom. The van der Waals surface area contributed by atoms with E-state index in [1.54, 1.807) is 36.4 Å². The standard InChI is InChI=1S/C19H20N4O2/c20-13-15-1-3-16(4-2-15)21-19(25)14-22-9-11-23(12-10-22)17-5-7-18(24)8-6-17/h1-8,24H,9-12,14H2,(H,21,25). The van der Waals surface area contributed by atoms with Gasteiger partial charge < -0.3 is 15.3 Å². The summed E-state index contributed by atoms with van der Waals surface area (Å²) < 4.78 is 0. The van der Waals surface area contributed by atoms with Gasteiger partial charge >= 0.3 is 0 Å². The average Bonchev–Trinajstić information content (AvgIpc) is 2.64. The third kappa shape index (κ3) is 4.49. The van der Waals surface area contributed by atoms with E-state index in [9.17, 15) is 9.90 Å². The van der Waals surface area contributed by atoms with E-state index in [-0.39, 0.29) is 11.7 Å². The SMILES string of the molecule is N#Cc1ccc(NC(=O)CN2CCN(c3ccc(O)cc3)CC2)cc1. The van der Waals surface area contributed by atoms with E-state index in [1.165, 1.54) is 0 Å². The predicted octanol–water partition coefficient (Wildman–Crippen LogP) is 2.02. The number of carbonyl (C=O) groups is 1. The molecule has 2 N–H and O–H groups in total. The van der Waals surface area contributed by atoms with Crippen LogP contribution in [0.15, 0.2) is 48.5 Å². The summed E-state index contributed by atoms with van der Waals surface area (Å²) >= 11 is 0. The molecule has 0 aliphatic carbocycles. The van der Waals surface area contributed by atoms with E-state index in [0.29, 0.717) is 17.8 Å². The number of hydrogen-bond donors (Lipinski definition) is 2. The van der Waals surface area contributed by atoms with Crippen LogP contribution in [0.5, 0.6) is 5.75 Å². The van der Waals surface area contributed by atoms with Crippen molar-refractivity contribution in [3.63, 3.8) is 0 Å². The van der Waals surface area contributed by atoms with E-state index < -0.39 is 0 Å². The van der Waals surface area contributed by atoms with Crippen molar-refractivity contribution in [3.05, 3.63) is 54.1 Å². The van der Waals surface area contributed by atoms with Crippen molar-refractivity contribution in [2.75, 3.05) is 42.9 Å². The molecule has 0 radical (unpaired) electrons. The normalized spacial score (nSPS) is 14.8. The number of nitrogens with one attached hydrogen (secondary N) is 1. The minimum Gasteiger partial charge on any atom is -0.508 e. The number of piperazine rings is 1. The number of amides is 1. The fourth-order valence-corrected chi connectivity index (χ4v) is 2.86. The van der Waals surface area contributed by atoms with Crippen LogP contribution >= 0.6 is 0 Å². The van der Waals surface area contributed by atoms with Gasteiger partial charge in [-0.25, -0.2) is 0 Å². The van der Waals surface area contributed by atoms with Crippen LogP contribution in [0.2, 0.25) is 0 Å². The molecule has 128 valence electrons. The van der Waals surface area contributed by atoms with Crippen molar-refractivity contribution in [1.82, 2.24) is 4.90 Å². The van der Waals surface area contributed by atoms with Crippen LogP contribution < -0.4 is 10.2 Å². The summed E-state index contributed by atoms with van der Waals surface area (Å²) in [5, 5.41) is 21.0. The zero-order chi connectivity index (χ0) is 17.6. The highest BCUT2D eigenvalue weighted by Crippen LogP contribution is 2.19. The number of phenolic OH excluding ortho intramolecular Hbond substituents is 1. The fourth-order valence-electron chi connectivity index (χ4n) is 2.86. The van der Waals surface area contributed by atoms with Gasteiger partial charge in [0.05, 0.1) is 18.2 Å². The third-order valence-corrected chi connectivity index (χ3v) is 4.25. The number of hydrogen-bond acceptors (Lipinski definition) is 5. The minimum atomic E-state index is -0.0530. The number of nitriles is 1. The molecular weight excluding hydrogens is 316 g/mol. The zero-order valence-electron chi connectivity index (χ0n) is 13.9.